The molecule has 25 heavy (non-hydrogen) atoms. The molecular weight excluding hydrogens is 314 g/mol. The fraction of sp³-hybridized carbons (Fsp3) is 0.700. The minimum Gasteiger partial charge on any atom is -0.378 e. The molecule has 4 atom stereocenters. The van der Waals surface area contributed by atoms with Crippen molar-refractivity contribution >= 4 is 5.91 Å². The summed E-state index contributed by atoms with van der Waals surface area (Å²) in [5.41, 5.74) is 1.26. The maximum atomic E-state index is 12.9. The van der Waals surface area contributed by atoms with Gasteiger partial charge in [0.15, 0.2) is 0 Å². The summed E-state index contributed by atoms with van der Waals surface area (Å²) in [5, 5.41) is 0. The lowest BCUT2D eigenvalue weighted by atomic mass is 9.91. The van der Waals surface area contributed by atoms with E-state index < -0.39 is 0 Å². The first kappa shape index (κ1) is 18.3. The minimum atomic E-state index is 0.125. The highest BCUT2D eigenvalue weighted by Crippen LogP contribution is 2.36. The third kappa shape index (κ3) is 4.21. The van der Waals surface area contributed by atoms with Gasteiger partial charge in [-0.2, -0.15) is 0 Å². The average Bonchev–Trinajstić information content (AvgIpc) is 3.02. The molecule has 0 spiro atoms. The Hall–Kier alpha value is -1.46. The van der Waals surface area contributed by atoms with Crippen molar-refractivity contribution in [3.05, 3.63) is 30.1 Å². The molecule has 0 saturated carbocycles. The molecule has 0 aromatic carbocycles. The number of amides is 1. The standard InChI is InChI=1S/C20H31N3O2/c1-4-18-12-15(8-11-25-18)20(24)23(3)14-17-7-10-22(2)19(17)16-6-5-9-21-13-16/h5-6,9,13,15,17-19H,4,7-8,10-12,14H2,1-3H3/t15-,17+,18+,19+/m1/s1. The van der Waals surface area contributed by atoms with E-state index in [0.717, 1.165) is 38.8 Å². The number of pyridine rings is 1. The van der Waals surface area contributed by atoms with Crippen molar-refractivity contribution in [3.8, 4) is 0 Å². The molecule has 0 bridgehead atoms. The summed E-state index contributed by atoms with van der Waals surface area (Å²) < 4.78 is 5.73. The van der Waals surface area contributed by atoms with Crippen molar-refractivity contribution in [2.24, 2.45) is 11.8 Å². The van der Waals surface area contributed by atoms with Gasteiger partial charge in [-0.05, 0) is 56.8 Å². The molecular formula is C20H31N3O2. The zero-order valence-electron chi connectivity index (χ0n) is 15.7. The number of ether oxygens (including phenoxy) is 1. The van der Waals surface area contributed by atoms with Crippen LogP contribution in [0, 0.1) is 11.8 Å². The molecule has 2 aliphatic rings. The molecule has 1 amide bonds. The van der Waals surface area contributed by atoms with E-state index in [1.54, 1.807) is 0 Å². The van der Waals surface area contributed by atoms with E-state index in [1.807, 2.05) is 30.4 Å². The molecule has 2 saturated heterocycles. The van der Waals surface area contributed by atoms with Gasteiger partial charge in [-0.25, -0.2) is 0 Å². The topological polar surface area (TPSA) is 45.7 Å². The van der Waals surface area contributed by atoms with Gasteiger partial charge in [0.25, 0.3) is 0 Å². The summed E-state index contributed by atoms with van der Waals surface area (Å²) in [7, 11) is 4.14. The van der Waals surface area contributed by atoms with Gasteiger partial charge in [0, 0.05) is 44.6 Å². The Morgan fingerprint density at radius 3 is 3.00 bits per heavy atom. The van der Waals surface area contributed by atoms with Crippen molar-refractivity contribution in [3.63, 3.8) is 0 Å². The number of aromatic nitrogens is 1. The summed E-state index contributed by atoms with van der Waals surface area (Å²) in [4.78, 5) is 21.6. The minimum absolute atomic E-state index is 0.125. The first-order valence-electron chi connectivity index (χ1n) is 9.56. The Morgan fingerprint density at radius 1 is 1.44 bits per heavy atom. The fourth-order valence-corrected chi connectivity index (χ4v) is 4.44. The second kappa shape index (κ2) is 8.28. The summed E-state index contributed by atoms with van der Waals surface area (Å²) >= 11 is 0. The van der Waals surface area contributed by atoms with Gasteiger partial charge in [0.1, 0.15) is 0 Å². The van der Waals surface area contributed by atoms with Crippen LogP contribution in [0.3, 0.4) is 0 Å². The van der Waals surface area contributed by atoms with Crippen molar-refractivity contribution in [1.82, 2.24) is 14.8 Å². The van der Waals surface area contributed by atoms with Gasteiger partial charge < -0.3 is 9.64 Å². The van der Waals surface area contributed by atoms with Crippen molar-refractivity contribution in [1.29, 1.82) is 0 Å². The average molecular weight is 345 g/mol. The summed E-state index contributed by atoms with van der Waals surface area (Å²) in [6.07, 6.45) is 7.87. The summed E-state index contributed by atoms with van der Waals surface area (Å²) in [5.74, 6) is 0.880. The Bertz CT molecular complexity index is 565. The SMILES string of the molecule is CC[C@H]1C[C@H](C(=O)N(C)C[C@@H]2CCN(C)[C@H]2c2cccnc2)CCO1. The Labute approximate surface area is 151 Å². The largest absolute Gasteiger partial charge is 0.378 e. The van der Waals surface area contributed by atoms with Crippen molar-refractivity contribution < 1.29 is 9.53 Å². The van der Waals surface area contributed by atoms with E-state index in [1.165, 1.54) is 5.56 Å². The fourth-order valence-electron chi connectivity index (χ4n) is 4.44. The molecule has 5 heteroatoms. The van der Waals surface area contributed by atoms with Crippen molar-refractivity contribution in [2.45, 2.75) is 44.8 Å². The quantitative estimate of drug-likeness (QED) is 0.823. The lowest BCUT2D eigenvalue weighted by molar-refractivity contribution is -0.140. The van der Waals surface area contributed by atoms with Gasteiger partial charge in [0.05, 0.1) is 6.10 Å². The van der Waals surface area contributed by atoms with Crippen LogP contribution in [0.4, 0.5) is 0 Å². The highest BCUT2D eigenvalue weighted by molar-refractivity contribution is 5.78. The van der Waals surface area contributed by atoms with Gasteiger partial charge in [-0.1, -0.05) is 13.0 Å². The maximum Gasteiger partial charge on any atom is 0.225 e. The number of carbonyl (C=O) groups is 1. The number of hydrogen-bond donors (Lipinski definition) is 0. The highest BCUT2D eigenvalue weighted by Gasteiger charge is 2.36. The second-order valence-electron chi connectivity index (χ2n) is 7.60. The van der Waals surface area contributed by atoms with Gasteiger partial charge >= 0.3 is 0 Å². The summed E-state index contributed by atoms with van der Waals surface area (Å²) in [6, 6.07) is 4.50. The molecule has 138 valence electrons. The third-order valence-electron chi connectivity index (χ3n) is 5.86. The molecule has 3 heterocycles. The molecule has 0 unspecified atom stereocenters. The van der Waals surface area contributed by atoms with Crippen LogP contribution in [-0.4, -0.2) is 60.6 Å². The normalized spacial score (nSPS) is 30.4. The zero-order chi connectivity index (χ0) is 17.8. The highest BCUT2D eigenvalue weighted by atomic mass is 16.5. The van der Waals surface area contributed by atoms with Crippen LogP contribution in [0.1, 0.15) is 44.2 Å². The van der Waals surface area contributed by atoms with Gasteiger partial charge in [0.2, 0.25) is 5.91 Å². The number of carbonyl (C=O) groups excluding carboxylic acids is 1. The predicted octanol–water partition coefficient (Wildman–Crippen LogP) is 2.74. The van der Waals surface area contributed by atoms with Crippen molar-refractivity contribution in [2.75, 3.05) is 33.8 Å². The van der Waals surface area contributed by atoms with Crippen LogP contribution in [0.15, 0.2) is 24.5 Å². The van der Waals surface area contributed by atoms with E-state index in [0.29, 0.717) is 24.5 Å². The van der Waals surface area contributed by atoms with Crippen LogP contribution >= 0.6 is 0 Å². The molecule has 1 aromatic heterocycles. The molecule has 2 fully saturated rings. The van der Waals surface area contributed by atoms with Crippen LogP contribution in [0.5, 0.6) is 0 Å². The molecule has 3 rings (SSSR count). The molecule has 1 aromatic rings. The van der Waals surface area contributed by atoms with E-state index >= 15 is 0 Å². The van der Waals surface area contributed by atoms with Crippen LogP contribution in [0.25, 0.3) is 0 Å². The number of likely N-dealkylation sites (tertiary alicyclic amines) is 1. The molecule has 5 nitrogen and oxygen atoms in total. The lowest BCUT2D eigenvalue weighted by Crippen LogP contribution is -2.41. The molecule has 0 N–H and O–H groups in total. The molecule has 0 radical (unpaired) electrons. The van der Waals surface area contributed by atoms with E-state index in [2.05, 4.69) is 29.9 Å². The van der Waals surface area contributed by atoms with Crippen LogP contribution < -0.4 is 0 Å². The lowest BCUT2D eigenvalue weighted by Gasteiger charge is -2.33. The third-order valence-corrected chi connectivity index (χ3v) is 5.86. The Morgan fingerprint density at radius 2 is 2.28 bits per heavy atom. The second-order valence-corrected chi connectivity index (χ2v) is 7.60. The molecule has 2 aliphatic heterocycles. The van der Waals surface area contributed by atoms with E-state index in [-0.39, 0.29) is 12.0 Å². The Balaban J connectivity index is 1.63. The van der Waals surface area contributed by atoms with Crippen LogP contribution in [0.2, 0.25) is 0 Å². The number of rotatable bonds is 5. The maximum absolute atomic E-state index is 12.9. The number of hydrogen-bond acceptors (Lipinski definition) is 4. The van der Waals surface area contributed by atoms with Crippen LogP contribution in [-0.2, 0) is 9.53 Å². The van der Waals surface area contributed by atoms with Gasteiger partial charge in [-0.3, -0.25) is 14.7 Å². The van der Waals surface area contributed by atoms with Gasteiger partial charge in [-0.15, -0.1) is 0 Å². The van der Waals surface area contributed by atoms with E-state index in [4.69, 9.17) is 4.74 Å². The monoisotopic (exact) mass is 345 g/mol. The number of nitrogens with zero attached hydrogens (tertiary/aromatic N) is 3. The first-order valence-corrected chi connectivity index (χ1v) is 9.56. The Kier molecular flexibility index (Phi) is 6.07. The first-order chi connectivity index (χ1) is 12.1. The summed E-state index contributed by atoms with van der Waals surface area (Å²) in [6.45, 7) is 4.74. The smallest absolute Gasteiger partial charge is 0.225 e. The van der Waals surface area contributed by atoms with E-state index in [9.17, 15) is 4.79 Å². The molecule has 0 aliphatic carbocycles. The predicted molar refractivity (Wildman–Crippen MR) is 98.1 cm³/mol. The zero-order valence-corrected chi connectivity index (χ0v) is 15.7.